The third kappa shape index (κ3) is 1.43. The van der Waals surface area contributed by atoms with Crippen molar-refractivity contribution in [3.05, 3.63) is 0 Å². The minimum atomic E-state index is 0.972. The molecule has 0 aliphatic heterocycles. The number of hydrogen-bond donors (Lipinski definition) is 0. The van der Waals surface area contributed by atoms with E-state index in [9.17, 15) is 0 Å². The molecule has 6 unspecified atom stereocenters. The molecular formula is C13H24. The lowest BCUT2D eigenvalue weighted by molar-refractivity contribution is 0.170. The number of rotatable bonds is 0. The molecule has 0 N–H and O–H groups in total. The molecule has 0 heterocycles. The Labute approximate surface area is 83.1 Å². The molecule has 0 radical (unpaired) electrons. The standard InChI is InChI=1S/C13H24/c1-8-5-6-12-10(3)9(2)11(4)13(12)7-8/h8-13H,5-7H2,1-4H3. The van der Waals surface area contributed by atoms with Gasteiger partial charge in [-0.3, -0.25) is 0 Å². The molecule has 76 valence electrons. The van der Waals surface area contributed by atoms with Gasteiger partial charge in [0.2, 0.25) is 0 Å². The Bertz CT molecular complexity index is 184. The average molecular weight is 180 g/mol. The van der Waals surface area contributed by atoms with E-state index in [4.69, 9.17) is 0 Å². The van der Waals surface area contributed by atoms with E-state index in [1.165, 1.54) is 19.3 Å². The monoisotopic (exact) mass is 180 g/mol. The Hall–Kier alpha value is 0. The van der Waals surface area contributed by atoms with Crippen LogP contribution in [0.5, 0.6) is 0 Å². The molecule has 2 rings (SSSR count). The normalized spacial score (nSPS) is 56.3. The van der Waals surface area contributed by atoms with Crippen LogP contribution in [0.3, 0.4) is 0 Å². The molecule has 0 aromatic rings. The highest BCUT2D eigenvalue weighted by atomic mass is 14.5. The predicted molar refractivity (Wildman–Crippen MR) is 57.5 cm³/mol. The molecule has 2 fully saturated rings. The van der Waals surface area contributed by atoms with Crippen molar-refractivity contribution in [2.24, 2.45) is 35.5 Å². The van der Waals surface area contributed by atoms with Crippen molar-refractivity contribution in [1.29, 1.82) is 0 Å². The largest absolute Gasteiger partial charge is 0.0625 e. The van der Waals surface area contributed by atoms with Crippen LogP contribution in [-0.2, 0) is 0 Å². The first-order valence-electron chi connectivity index (χ1n) is 6.11. The Morgan fingerprint density at radius 3 is 2.00 bits per heavy atom. The summed E-state index contributed by atoms with van der Waals surface area (Å²) in [6.45, 7) is 9.89. The maximum absolute atomic E-state index is 2.49. The molecule has 2 aliphatic carbocycles. The lowest BCUT2D eigenvalue weighted by Gasteiger charge is -2.33. The van der Waals surface area contributed by atoms with Crippen LogP contribution in [0.4, 0.5) is 0 Å². The number of fused-ring (bicyclic) bond motifs is 1. The van der Waals surface area contributed by atoms with E-state index >= 15 is 0 Å². The van der Waals surface area contributed by atoms with Crippen molar-refractivity contribution < 1.29 is 0 Å². The highest BCUT2D eigenvalue weighted by Gasteiger charge is 2.45. The van der Waals surface area contributed by atoms with Gasteiger partial charge in [0.05, 0.1) is 0 Å². The zero-order valence-corrected chi connectivity index (χ0v) is 9.59. The van der Waals surface area contributed by atoms with E-state index in [-0.39, 0.29) is 0 Å². The first-order valence-corrected chi connectivity index (χ1v) is 6.11. The van der Waals surface area contributed by atoms with E-state index in [0.29, 0.717) is 0 Å². The predicted octanol–water partition coefficient (Wildman–Crippen LogP) is 3.96. The van der Waals surface area contributed by atoms with Crippen LogP contribution >= 0.6 is 0 Å². The van der Waals surface area contributed by atoms with Crippen LogP contribution in [-0.4, -0.2) is 0 Å². The van der Waals surface area contributed by atoms with Gasteiger partial charge in [-0.05, 0) is 48.3 Å². The van der Waals surface area contributed by atoms with Crippen LogP contribution in [0.2, 0.25) is 0 Å². The van der Waals surface area contributed by atoms with Crippen LogP contribution in [0.15, 0.2) is 0 Å². The first kappa shape index (κ1) is 9.55. The first-order chi connectivity index (χ1) is 6.11. The SMILES string of the molecule is CC1CCC2C(C)C(C)C(C)C2C1. The van der Waals surface area contributed by atoms with Crippen molar-refractivity contribution in [1.82, 2.24) is 0 Å². The average Bonchev–Trinajstić information content (AvgIpc) is 2.32. The maximum atomic E-state index is 2.49. The molecule has 0 spiro atoms. The van der Waals surface area contributed by atoms with E-state index < -0.39 is 0 Å². The molecule has 0 heteroatoms. The van der Waals surface area contributed by atoms with Gasteiger partial charge in [-0.15, -0.1) is 0 Å². The van der Waals surface area contributed by atoms with Gasteiger partial charge in [0.25, 0.3) is 0 Å². The van der Waals surface area contributed by atoms with Crippen molar-refractivity contribution in [3.63, 3.8) is 0 Å². The summed E-state index contributed by atoms with van der Waals surface area (Å²) in [4.78, 5) is 0. The smallest absolute Gasteiger partial charge is 0.0352 e. The summed E-state index contributed by atoms with van der Waals surface area (Å²) >= 11 is 0. The number of hydrogen-bond acceptors (Lipinski definition) is 0. The molecular weight excluding hydrogens is 156 g/mol. The van der Waals surface area contributed by atoms with Gasteiger partial charge in [0.15, 0.2) is 0 Å². The summed E-state index contributed by atoms with van der Waals surface area (Å²) in [6.07, 6.45) is 4.52. The van der Waals surface area contributed by atoms with Gasteiger partial charge in [-0.25, -0.2) is 0 Å². The third-order valence-electron chi connectivity index (χ3n) is 5.23. The summed E-state index contributed by atoms with van der Waals surface area (Å²) < 4.78 is 0. The molecule has 2 aliphatic rings. The molecule has 0 saturated heterocycles. The molecule has 0 bridgehead atoms. The van der Waals surface area contributed by atoms with Gasteiger partial charge in [0, 0.05) is 0 Å². The maximum Gasteiger partial charge on any atom is -0.0352 e. The summed E-state index contributed by atoms with van der Waals surface area (Å²) in [5, 5.41) is 0. The van der Waals surface area contributed by atoms with E-state index in [1.807, 2.05) is 0 Å². The van der Waals surface area contributed by atoms with Gasteiger partial charge in [0.1, 0.15) is 0 Å². The zero-order chi connectivity index (χ0) is 9.59. The Morgan fingerprint density at radius 1 is 0.692 bits per heavy atom. The fourth-order valence-electron chi connectivity index (χ4n) is 3.96. The second-order valence-corrected chi connectivity index (χ2v) is 5.82. The van der Waals surface area contributed by atoms with Crippen molar-refractivity contribution in [2.75, 3.05) is 0 Å². The van der Waals surface area contributed by atoms with Gasteiger partial charge in [-0.1, -0.05) is 34.1 Å². The summed E-state index contributed by atoms with van der Waals surface area (Å²) in [6, 6.07) is 0. The Morgan fingerprint density at radius 2 is 1.31 bits per heavy atom. The lowest BCUT2D eigenvalue weighted by Crippen LogP contribution is -2.24. The fourth-order valence-corrected chi connectivity index (χ4v) is 3.96. The molecule has 0 amide bonds. The molecule has 13 heavy (non-hydrogen) atoms. The fraction of sp³-hybridized carbons (Fsp3) is 1.00. The Kier molecular flexibility index (Phi) is 2.42. The minimum Gasteiger partial charge on any atom is -0.0625 e. The minimum absolute atomic E-state index is 0.972. The molecule has 0 nitrogen and oxygen atoms in total. The lowest BCUT2D eigenvalue weighted by atomic mass is 9.72. The molecule has 2 saturated carbocycles. The Balaban J connectivity index is 2.13. The van der Waals surface area contributed by atoms with Crippen molar-refractivity contribution in [3.8, 4) is 0 Å². The van der Waals surface area contributed by atoms with Crippen molar-refractivity contribution in [2.45, 2.75) is 47.0 Å². The van der Waals surface area contributed by atoms with E-state index in [1.54, 1.807) is 0 Å². The third-order valence-corrected chi connectivity index (χ3v) is 5.23. The second kappa shape index (κ2) is 3.29. The summed E-state index contributed by atoms with van der Waals surface area (Å²) in [5.74, 6) is 6.09. The summed E-state index contributed by atoms with van der Waals surface area (Å²) in [7, 11) is 0. The highest BCUT2D eigenvalue weighted by Crippen LogP contribution is 2.53. The topological polar surface area (TPSA) is 0 Å². The quantitative estimate of drug-likeness (QED) is 0.529. The second-order valence-electron chi connectivity index (χ2n) is 5.82. The van der Waals surface area contributed by atoms with Crippen LogP contribution < -0.4 is 0 Å². The molecule has 0 aromatic carbocycles. The van der Waals surface area contributed by atoms with Crippen LogP contribution in [0, 0.1) is 35.5 Å². The van der Waals surface area contributed by atoms with Gasteiger partial charge < -0.3 is 0 Å². The van der Waals surface area contributed by atoms with E-state index in [0.717, 1.165) is 35.5 Å². The van der Waals surface area contributed by atoms with Crippen molar-refractivity contribution >= 4 is 0 Å². The van der Waals surface area contributed by atoms with Crippen LogP contribution in [0.1, 0.15) is 47.0 Å². The van der Waals surface area contributed by atoms with Gasteiger partial charge >= 0.3 is 0 Å². The molecule has 0 aromatic heterocycles. The van der Waals surface area contributed by atoms with E-state index in [2.05, 4.69) is 27.7 Å². The molecule has 6 atom stereocenters. The van der Waals surface area contributed by atoms with Gasteiger partial charge in [-0.2, -0.15) is 0 Å². The summed E-state index contributed by atoms with van der Waals surface area (Å²) in [5.41, 5.74) is 0. The van der Waals surface area contributed by atoms with Crippen LogP contribution in [0.25, 0.3) is 0 Å². The highest BCUT2D eigenvalue weighted by molar-refractivity contribution is 4.94. The zero-order valence-electron chi connectivity index (χ0n) is 9.59.